The highest BCUT2D eigenvalue weighted by molar-refractivity contribution is 6.60. The zero-order valence-corrected chi connectivity index (χ0v) is 17.3. The third-order valence-corrected chi connectivity index (χ3v) is 6.98. The van der Waals surface area contributed by atoms with Crippen molar-refractivity contribution in [3.63, 3.8) is 0 Å². The first kappa shape index (κ1) is 23.6. The standard InChI is InChI=1S/C18H39NO4Si/c1-5-9-10-11-12-13-15-18(20)19-16-14-17-24(21-6-2,22-7-3)23-8-4/h5-17H2,1-4H3,(H,19,20). The minimum atomic E-state index is -2.56. The van der Waals surface area contributed by atoms with Crippen LogP contribution in [0.15, 0.2) is 0 Å². The van der Waals surface area contributed by atoms with Crippen molar-refractivity contribution in [1.82, 2.24) is 5.32 Å². The first-order valence-electron chi connectivity index (χ1n) is 9.82. The maximum atomic E-state index is 11.8. The van der Waals surface area contributed by atoms with Gasteiger partial charge in [-0.15, -0.1) is 0 Å². The Morgan fingerprint density at radius 3 is 1.88 bits per heavy atom. The number of amides is 1. The lowest BCUT2D eigenvalue weighted by Crippen LogP contribution is -2.46. The molecule has 0 radical (unpaired) electrons. The number of unbranched alkanes of at least 4 members (excludes halogenated alkanes) is 5. The highest BCUT2D eigenvalue weighted by atomic mass is 28.4. The van der Waals surface area contributed by atoms with E-state index >= 15 is 0 Å². The molecule has 6 heteroatoms. The molecule has 0 saturated heterocycles. The smallest absolute Gasteiger partial charge is 0.374 e. The van der Waals surface area contributed by atoms with Gasteiger partial charge in [0.25, 0.3) is 0 Å². The van der Waals surface area contributed by atoms with Crippen molar-refractivity contribution in [3.05, 3.63) is 0 Å². The van der Waals surface area contributed by atoms with Crippen LogP contribution >= 0.6 is 0 Å². The quantitative estimate of drug-likeness (QED) is 0.310. The molecule has 1 amide bonds. The lowest BCUT2D eigenvalue weighted by atomic mass is 10.1. The zero-order valence-electron chi connectivity index (χ0n) is 16.3. The predicted octanol–water partition coefficient (Wildman–Crippen LogP) is 4.29. The highest BCUT2D eigenvalue weighted by Gasteiger charge is 2.39. The fourth-order valence-corrected chi connectivity index (χ4v) is 5.30. The van der Waals surface area contributed by atoms with Crippen molar-refractivity contribution in [2.24, 2.45) is 0 Å². The van der Waals surface area contributed by atoms with Gasteiger partial charge < -0.3 is 18.6 Å². The molecule has 0 atom stereocenters. The Morgan fingerprint density at radius 1 is 0.792 bits per heavy atom. The van der Waals surface area contributed by atoms with E-state index in [1.165, 1.54) is 25.7 Å². The van der Waals surface area contributed by atoms with Gasteiger partial charge in [0, 0.05) is 38.8 Å². The van der Waals surface area contributed by atoms with Crippen LogP contribution in [-0.2, 0) is 18.1 Å². The number of nitrogens with one attached hydrogen (secondary N) is 1. The van der Waals surface area contributed by atoms with Crippen LogP contribution in [0, 0.1) is 0 Å². The number of rotatable bonds is 17. The summed E-state index contributed by atoms with van der Waals surface area (Å²) < 4.78 is 17.4. The molecule has 0 rings (SSSR count). The summed E-state index contributed by atoms with van der Waals surface area (Å²) in [5, 5.41) is 3.00. The van der Waals surface area contributed by atoms with Gasteiger partial charge in [0.05, 0.1) is 0 Å². The fourth-order valence-electron chi connectivity index (χ4n) is 2.69. The van der Waals surface area contributed by atoms with Gasteiger partial charge in [-0.3, -0.25) is 4.79 Å². The summed E-state index contributed by atoms with van der Waals surface area (Å²) >= 11 is 0. The maximum absolute atomic E-state index is 11.8. The summed E-state index contributed by atoms with van der Waals surface area (Å²) in [5.41, 5.74) is 0. The zero-order chi connectivity index (χ0) is 18.1. The van der Waals surface area contributed by atoms with E-state index in [0.29, 0.717) is 32.8 Å². The summed E-state index contributed by atoms with van der Waals surface area (Å²) in [7, 11) is -2.56. The molecule has 0 bridgehead atoms. The second-order valence-corrected chi connectivity index (χ2v) is 8.69. The first-order valence-corrected chi connectivity index (χ1v) is 11.8. The van der Waals surface area contributed by atoms with Crippen LogP contribution in [0.3, 0.4) is 0 Å². The minimum Gasteiger partial charge on any atom is -0.374 e. The lowest BCUT2D eigenvalue weighted by Gasteiger charge is -2.28. The highest BCUT2D eigenvalue weighted by Crippen LogP contribution is 2.17. The minimum absolute atomic E-state index is 0.155. The second-order valence-electron chi connectivity index (χ2n) is 5.95. The second kappa shape index (κ2) is 16.1. The molecule has 0 heterocycles. The molecule has 0 spiro atoms. The van der Waals surface area contributed by atoms with Gasteiger partial charge in [-0.05, 0) is 33.6 Å². The maximum Gasteiger partial charge on any atom is 0.500 e. The van der Waals surface area contributed by atoms with Crippen LogP contribution in [0.1, 0.15) is 79.1 Å². The molecule has 0 aliphatic heterocycles. The van der Waals surface area contributed by atoms with Crippen LogP contribution < -0.4 is 5.32 Å². The van der Waals surface area contributed by atoms with E-state index in [0.717, 1.165) is 25.3 Å². The molecule has 0 aromatic rings. The molecule has 144 valence electrons. The molecule has 0 unspecified atom stereocenters. The molecular weight excluding hydrogens is 322 g/mol. The number of carbonyl (C=O) groups excluding carboxylic acids is 1. The van der Waals surface area contributed by atoms with Crippen molar-refractivity contribution in [3.8, 4) is 0 Å². The molecule has 0 aromatic carbocycles. The fraction of sp³-hybridized carbons (Fsp3) is 0.944. The number of hydrogen-bond donors (Lipinski definition) is 1. The molecule has 0 aromatic heterocycles. The van der Waals surface area contributed by atoms with Gasteiger partial charge in [-0.25, -0.2) is 0 Å². The van der Waals surface area contributed by atoms with Crippen LogP contribution in [0.4, 0.5) is 0 Å². The van der Waals surface area contributed by atoms with Crippen molar-refractivity contribution in [1.29, 1.82) is 0 Å². The Labute approximate surface area is 150 Å². The average molecular weight is 362 g/mol. The van der Waals surface area contributed by atoms with E-state index in [-0.39, 0.29) is 5.91 Å². The third kappa shape index (κ3) is 12.0. The Morgan fingerprint density at radius 2 is 1.33 bits per heavy atom. The SMILES string of the molecule is CCCCCCCCC(=O)NCCC[Si](OCC)(OCC)OCC. The van der Waals surface area contributed by atoms with Gasteiger partial charge in [0.15, 0.2) is 0 Å². The Hall–Kier alpha value is -0.433. The summed E-state index contributed by atoms with van der Waals surface area (Å²) in [5.74, 6) is 0.155. The molecule has 0 saturated carbocycles. The van der Waals surface area contributed by atoms with Gasteiger partial charge in [-0.2, -0.15) is 0 Å². The van der Waals surface area contributed by atoms with Crippen molar-refractivity contribution in [2.75, 3.05) is 26.4 Å². The lowest BCUT2D eigenvalue weighted by molar-refractivity contribution is -0.121. The van der Waals surface area contributed by atoms with Crippen molar-refractivity contribution in [2.45, 2.75) is 85.1 Å². The largest absolute Gasteiger partial charge is 0.500 e. The summed E-state index contributed by atoms with van der Waals surface area (Å²) in [6, 6.07) is 0.750. The van der Waals surface area contributed by atoms with Crippen LogP contribution in [0.2, 0.25) is 6.04 Å². The molecule has 1 N–H and O–H groups in total. The van der Waals surface area contributed by atoms with Gasteiger partial charge in [0.1, 0.15) is 0 Å². The normalized spacial score (nSPS) is 11.7. The number of carbonyl (C=O) groups is 1. The van der Waals surface area contributed by atoms with Crippen LogP contribution in [0.5, 0.6) is 0 Å². The van der Waals surface area contributed by atoms with Crippen molar-refractivity contribution < 1.29 is 18.1 Å². The molecule has 0 fully saturated rings. The van der Waals surface area contributed by atoms with E-state index in [2.05, 4.69) is 12.2 Å². The van der Waals surface area contributed by atoms with Gasteiger partial charge >= 0.3 is 8.80 Å². The predicted molar refractivity (Wildman–Crippen MR) is 101 cm³/mol. The Kier molecular flexibility index (Phi) is 15.8. The molecule has 0 aliphatic rings. The van der Waals surface area contributed by atoms with Gasteiger partial charge in [-0.1, -0.05) is 39.0 Å². The Balaban J connectivity index is 3.87. The van der Waals surface area contributed by atoms with Crippen LogP contribution in [0.25, 0.3) is 0 Å². The summed E-state index contributed by atoms with van der Waals surface area (Å²) in [4.78, 5) is 11.8. The van der Waals surface area contributed by atoms with E-state index in [1.54, 1.807) is 0 Å². The monoisotopic (exact) mass is 361 g/mol. The first-order chi connectivity index (χ1) is 11.6. The average Bonchev–Trinajstić information content (AvgIpc) is 2.56. The van der Waals surface area contributed by atoms with Crippen LogP contribution in [-0.4, -0.2) is 41.1 Å². The summed E-state index contributed by atoms with van der Waals surface area (Å²) in [6.45, 7) is 10.5. The molecule has 0 aliphatic carbocycles. The topological polar surface area (TPSA) is 56.8 Å². The summed E-state index contributed by atoms with van der Waals surface area (Å²) in [6.07, 6.45) is 8.70. The van der Waals surface area contributed by atoms with E-state index < -0.39 is 8.80 Å². The van der Waals surface area contributed by atoms with E-state index in [4.69, 9.17) is 13.3 Å². The third-order valence-electron chi connectivity index (χ3n) is 3.83. The molecular formula is C18H39NO4Si. The Bertz CT molecular complexity index is 286. The number of hydrogen-bond acceptors (Lipinski definition) is 4. The van der Waals surface area contributed by atoms with Crippen molar-refractivity contribution >= 4 is 14.7 Å². The molecule has 24 heavy (non-hydrogen) atoms. The molecule has 5 nitrogen and oxygen atoms in total. The van der Waals surface area contributed by atoms with E-state index in [9.17, 15) is 4.79 Å². The van der Waals surface area contributed by atoms with Gasteiger partial charge in [0.2, 0.25) is 5.91 Å². The van der Waals surface area contributed by atoms with E-state index in [1.807, 2.05) is 20.8 Å².